The molecule has 3 aromatic rings. The van der Waals surface area contributed by atoms with E-state index >= 15 is 0 Å². The predicted molar refractivity (Wildman–Crippen MR) is 141 cm³/mol. The van der Waals surface area contributed by atoms with Crippen LogP contribution in [-0.2, 0) is 9.53 Å². The molecule has 188 valence electrons. The Morgan fingerprint density at radius 3 is 2.47 bits per heavy atom. The van der Waals surface area contributed by atoms with Crippen LogP contribution in [0.4, 0.5) is 0 Å². The van der Waals surface area contributed by atoms with Gasteiger partial charge in [0, 0.05) is 0 Å². The molecule has 1 unspecified atom stereocenters. The summed E-state index contributed by atoms with van der Waals surface area (Å²) >= 11 is 4.75. The maximum atomic E-state index is 13.7. The van der Waals surface area contributed by atoms with E-state index in [2.05, 4.69) is 20.9 Å². The number of aromatic nitrogens is 1. The zero-order valence-corrected chi connectivity index (χ0v) is 22.9. The largest absolute Gasteiger partial charge is 0.497 e. The van der Waals surface area contributed by atoms with Crippen molar-refractivity contribution in [1.82, 2.24) is 4.57 Å². The number of hydrogen-bond acceptors (Lipinski definition) is 8. The Bertz CT molecular complexity index is 1520. The van der Waals surface area contributed by atoms with Crippen LogP contribution in [0.5, 0.6) is 17.2 Å². The molecule has 0 N–H and O–H groups in total. The van der Waals surface area contributed by atoms with Gasteiger partial charge in [0.1, 0.15) is 5.75 Å². The summed E-state index contributed by atoms with van der Waals surface area (Å²) in [6, 6.07) is 10.2. The van der Waals surface area contributed by atoms with Crippen LogP contribution >= 0.6 is 27.3 Å². The normalized spacial score (nSPS) is 15.3. The summed E-state index contributed by atoms with van der Waals surface area (Å²) in [5.74, 6) is 1.26. The maximum absolute atomic E-state index is 13.7. The number of esters is 1. The fourth-order valence-corrected chi connectivity index (χ4v) is 5.73. The van der Waals surface area contributed by atoms with Crippen molar-refractivity contribution in [2.75, 3.05) is 27.9 Å². The van der Waals surface area contributed by atoms with Crippen molar-refractivity contribution < 1.29 is 23.7 Å². The van der Waals surface area contributed by atoms with Crippen molar-refractivity contribution in [1.29, 1.82) is 0 Å². The lowest BCUT2D eigenvalue weighted by Crippen LogP contribution is -2.39. The van der Waals surface area contributed by atoms with Crippen LogP contribution in [0.1, 0.15) is 31.0 Å². The minimum atomic E-state index is -0.689. The molecule has 1 aliphatic rings. The molecule has 0 amide bonds. The molecular weight excluding hydrogens is 548 g/mol. The third kappa shape index (κ3) is 4.70. The Morgan fingerprint density at radius 2 is 1.86 bits per heavy atom. The highest BCUT2D eigenvalue weighted by Crippen LogP contribution is 2.36. The van der Waals surface area contributed by atoms with Gasteiger partial charge in [-0.3, -0.25) is 9.36 Å². The van der Waals surface area contributed by atoms with E-state index in [1.807, 2.05) is 18.2 Å². The number of allylic oxidation sites excluding steroid dienone is 1. The molecule has 0 aliphatic carbocycles. The highest BCUT2D eigenvalue weighted by Gasteiger charge is 2.33. The van der Waals surface area contributed by atoms with Gasteiger partial charge in [-0.2, -0.15) is 0 Å². The van der Waals surface area contributed by atoms with Crippen LogP contribution in [0.25, 0.3) is 6.08 Å². The summed E-state index contributed by atoms with van der Waals surface area (Å²) in [5, 5.41) is 0. The Morgan fingerprint density at radius 1 is 1.14 bits per heavy atom. The first-order valence-electron chi connectivity index (χ1n) is 11.1. The minimum Gasteiger partial charge on any atom is -0.497 e. The molecule has 0 fully saturated rings. The van der Waals surface area contributed by atoms with Gasteiger partial charge >= 0.3 is 5.97 Å². The molecule has 4 rings (SSSR count). The van der Waals surface area contributed by atoms with Crippen LogP contribution in [0.15, 0.2) is 61.9 Å². The molecule has 0 saturated heterocycles. The molecule has 0 saturated carbocycles. The number of rotatable bonds is 7. The van der Waals surface area contributed by atoms with Gasteiger partial charge in [0.05, 0.1) is 54.3 Å². The fraction of sp³-hybridized carbons (Fsp3) is 0.269. The summed E-state index contributed by atoms with van der Waals surface area (Å²) in [7, 11) is 4.69. The zero-order chi connectivity index (χ0) is 26.0. The van der Waals surface area contributed by atoms with Gasteiger partial charge in [-0.05, 0) is 71.2 Å². The number of nitrogens with zero attached hydrogens (tertiary/aromatic N) is 2. The van der Waals surface area contributed by atoms with Gasteiger partial charge in [-0.1, -0.05) is 23.5 Å². The van der Waals surface area contributed by atoms with Gasteiger partial charge < -0.3 is 18.9 Å². The monoisotopic (exact) mass is 572 g/mol. The molecule has 1 aromatic heterocycles. The molecule has 1 atom stereocenters. The van der Waals surface area contributed by atoms with Gasteiger partial charge in [-0.25, -0.2) is 9.79 Å². The third-order valence-electron chi connectivity index (χ3n) is 5.70. The van der Waals surface area contributed by atoms with Gasteiger partial charge in [0.15, 0.2) is 16.3 Å². The quantitative estimate of drug-likeness (QED) is 0.402. The Kier molecular flexibility index (Phi) is 7.65. The van der Waals surface area contributed by atoms with Crippen LogP contribution in [0.2, 0.25) is 0 Å². The summed E-state index contributed by atoms with van der Waals surface area (Å²) in [4.78, 5) is 31.8. The van der Waals surface area contributed by atoms with E-state index in [0.29, 0.717) is 42.3 Å². The number of benzene rings is 2. The molecular formula is C26H25BrN2O6S. The second-order valence-electron chi connectivity index (χ2n) is 7.81. The van der Waals surface area contributed by atoms with Crippen LogP contribution in [0.3, 0.4) is 0 Å². The second-order valence-corrected chi connectivity index (χ2v) is 9.68. The SMILES string of the molecule is CCOC(=O)C1=C(C)N=c2s/c(=C/c3cc(Br)c(OC)c(OC)c3)c(=O)n2C1c1ccc(OC)cc1. The minimum absolute atomic E-state index is 0.212. The molecule has 0 bridgehead atoms. The lowest BCUT2D eigenvalue weighted by Gasteiger charge is -2.24. The summed E-state index contributed by atoms with van der Waals surface area (Å²) < 4.78 is 24.1. The van der Waals surface area contributed by atoms with Crippen LogP contribution in [0, 0.1) is 0 Å². The first-order chi connectivity index (χ1) is 17.3. The summed E-state index contributed by atoms with van der Waals surface area (Å²) in [5.41, 5.74) is 2.06. The standard InChI is InChI=1S/C26H25BrN2O6S/c1-6-35-25(31)21-14(2)28-26-29(22(21)16-7-9-17(32-3)10-8-16)24(30)20(36-26)13-15-11-18(27)23(34-5)19(12-15)33-4/h7-13,22H,6H2,1-5H3/b20-13+. The first kappa shape index (κ1) is 25.7. The van der Waals surface area contributed by atoms with E-state index in [1.165, 1.54) is 11.3 Å². The topological polar surface area (TPSA) is 88.4 Å². The number of halogens is 1. The lowest BCUT2D eigenvalue weighted by atomic mass is 9.96. The number of thiazole rings is 1. The predicted octanol–water partition coefficient (Wildman–Crippen LogP) is 3.59. The van der Waals surface area contributed by atoms with Crippen LogP contribution < -0.4 is 29.1 Å². The van der Waals surface area contributed by atoms with E-state index in [1.54, 1.807) is 64.0 Å². The van der Waals surface area contributed by atoms with E-state index in [4.69, 9.17) is 18.9 Å². The smallest absolute Gasteiger partial charge is 0.338 e. The van der Waals surface area contributed by atoms with E-state index in [-0.39, 0.29) is 12.2 Å². The molecule has 1 aliphatic heterocycles. The molecule has 2 heterocycles. The van der Waals surface area contributed by atoms with E-state index in [0.717, 1.165) is 11.1 Å². The summed E-state index contributed by atoms with van der Waals surface area (Å²) in [6.07, 6.45) is 1.77. The molecule has 2 aromatic carbocycles. The van der Waals surface area contributed by atoms with Crippen molar-refractivity contribution in [3.8, 4) is 17.2 Å². The highest BCUT2D eigenvalue weighted by molar-refractivity contribution is 9.10. The van der Waals surface area contributed by atoms with Crippen molar-refractivity contribution in [2.45, 2.75) is 19.9 Å². The molecule has 0 radical (unpaired) electrons. The van der Waals surface area contributed by atoms with E-state index < -0.39 is 12.0 Å². The first-order valence-corrected chi connectivity index (χ1v) is 12.7. The number of ether oxygens (including phenoxy) is 4. The van der Waals surface area contributed by atoms with Crippen molar-refractivity contribution >= 4 is 39.3 Å². The third-order valence-corrected chi connectivity index (χ3v) is 7.27. The van der Waals surface area contributed by atoms with Crippen molar-refractivity contribution in [2.24, 2.45) is 4.99 Å². The van der Waals surface area contributed by atoms with Crippen LogP contribution in [-0.4, -0.2) is 38.5 Å². The molecule has 0 spiro atoms. The number of fused-ring (bicyclic) bond motifs is 1. The van der Waals surface area contributed by atoms with E-state index in [9.17, 15) is 9.59 Å². The van der Waals surface area contributed by atoms with Gasteiger partial charge in [-0.15, -0.1) is 0 Å². The Labute approximate surface area is 220 Å². The van der Waals surface area contributed by atoms with Gasteiger partial charge in [0.2, 0.25) is 0 Å². The Balaban J connectivity index is 1.93. The molecule has 8 nitrogen and oxygen atoms in total. The number of carbonyl (C=O) groups excluding carboxylic acids is 1. The number of hydrogen-bond donors (Lipinski definition) is 0. The fourth-order valence-electron chi connectivity index (χ4n) is 4.07. The second kappa shape index (κ2) is 10.7. The highest BCUT2D eigenvalue weighted by atomic mass is 79.9. The summed E-state index contributed by atoms with van der Waals surface area (Å²) in [6.45, 7) is 3.71. The average molecular weight is 573 g/mol. The van der Waals surface area contributed by atoms with Crippen molar-refractivity contribution in [3.05, 3.63) is 83.0 Å². The maximum Gasteiger partial charge on any atom is 0.338 e. The van der Waals surface area contributed by atoms with Gasteiger partial charge in [0.25, 0.3) is 5.56 Å². The zero-order valence-electron chi connectivity index (χ0n) is 20.5. The Hall–Kier alpha value is -3.37. The van der Waals surface area contributed by atoms with Crippen molar-refractivity contribution in [3.63, 3.8) is 0 Å². The average Bonchev–Trinajstić information content (AvgIpc) is 3.17. The number of methoxy groups -OCH3 is 3. The molecule has 10 heteroatoms. The molecule has 36 heavy (non-hydrogen) atoms. The lowest BCUT2D eigenvalue weighted by molar-refractivity contribution is -0.139. The number of carbonyl (C=O) groups is 1.